The number of carbonyl (C=O) groups is 6. The lowest BCUT2D eigenvalue weighted by molar-refractivity contribution is -0.136. The van der Waals surface area contributed by atoms with Gasteiger partial charge in [0.1, 0.15) is 83.3 Å². The monoisotopic (exact) mass is 1200 g/mol. The predicted molar refractivity (Wildman–Crippen MR) is 303 cm³/mol. The second-order valence-corrected chi connectivity index (χ2v) is 23.9. The number of pyridine rings is 1. The molecule has 10 N–H and O–H groups in total. The van der Waals surface area contributed by atoms with Crippen molar-refractivity contribution in [1.82, 2.24) is 55.8 Å². The maximum Gasteiger partial charge on any atom is 0.413 e. The number of anilines is 2. The van der Waals surface area contributed by atoms with E-state index in [0.29, 0.717) is 71.5 Å². The number of methoxy groups -OCH3 is 1. The van der Waals surface area contributed by atoms with Gasteiger partial charge < -0.3 is 36.3 Å². The Morgan fingerprint density at radius 1 is 0.775 bits per heavy atom. The molecular weight excluding hydrogens is 1150 g/mol. The first-order valence-electron chi connectivity index (χ1n) is 24.6. The van der Waals surface area contributed by atoms with Crippen LogP contribution in [0.4, 0.5) is 15.7 Å². The summed E-state index contributed by atoms with van der Waals surface area (Å²) in [7, 11) is 2.88. The number of fused-ring (bicyclic) bond motifs is 14. The zero-order valence-electron chi connectivity index (χ0n) is 42.6. The number of thiazole rings is 6. The summed E-state index contributed by atoms with van der Waals surface area (Å²) in [5.41, 5.74) is 8.43. The fourth-order valence-corrected chi connectivity index (χ4v) is 13.8. The van der Waals surface area contributed by atoms with Crippen LogP contribution in [0.25, 0.3) is 43.4 Å². The average molecular weight is 1200 g/mol. The van der Waals surface area contributed by atoms with E-state index in [1.54, 1.807) is 70.9 Å². The third-order valence-corrected chi connectivity index (χ3v) is 18.2. The third-order valence-electron chi connectivity index (χ3n) is 12.7. The lowest BCUT2D eigenvalue weighted by Crippen LogP contribution is -2.47. The SMILES string of the molecule is CNC(=O)C[C@@H]1NC(=O)c2csc(n2)-c2ccc(-c3nc(NC(=O)OC4CCC(N)CC4)cs3)nc2-c2csc(n2)-c2csc(n2)[C@H]([C@@H](O)c2ccccc2)N(N)C(=O)CNC(=O)c2nc(sc2COC)NC(=O)c2nc1sc2C. The fourth-order valence-electron chi connectivity index (χ4n) is 8.60. The molecule has 1 aliphatic carbocycles. The van der Waals surface area contributed by atoms with Gasteiger partial charge in [-0.2, -0.15) is 0 Å². The molecule has 8 heterocycles. The molecule has 24 nitrogen and oxygen atoms in total. The first-order chi connectivity index (χ1) is 38.6. The number of nitrogens with two attached hydrogens (primary N) is 2. The second-order valence-electron chi connectivity index (χ2n) is 18.2. The van der Waals surface area contributed by atoms with Crippen molar-refractivity contribution in [2.45, 2.75) is 76.0 Å². The standard InChI is InChI=1S/C50H49N15O9S6/c1-22-36-43(71)64-49-63-38(32(80-49)17-73-3)42(70)54-16-35(67)65(52)39(40(68)23-7-5-4-6-8-23)48-59-31(20-77-48)46-57-29(18-76-46)37-26(44-58-30(19-75-44)41(69)56-28(15-34(66)53-2)47(62-36)79-22)13-14-27(55-37)45-60-33(21-78-45)61-50(72)74-25-11-9-24(51)10-12-25/h4-8,13-14,18-21,24-25,28,39-40,68H,9-12,15-17,51-52H2,1-3H3,(H,53,66)(H,54,70)(H,56,69)(H,61,72)(H,63,64,71)/t24?,25?,28-,39-,40-/m0/s1. The Labute approximate surface area is 479 Å². The smallest absolute Gasteiger partial charge is 0.413 e. The number of aliphatic hydroxyl groups is 1. The highest BCUT2D eigenvalue weighted by Gasteiger charge is 2.35. The highest BCUT2D eigenvalue weighted by atomic mass is 32.1. The lowest BCUT2D eigenvalue weighted by atomic mass is 9.94. The van der Waals surface area contributed by atoms with E-state index in [1.807, 2.05) is 0 Å². The number of hydrogen-bond donors (Lipinski definition) is 8. The van der Waals surface area contributed by atoms with Gasteiger partial charge in [-0.15, -0.1) is 56.7 Å². The molecule has 0 radical (unpaired) electrons. The molecule has 0 saturated heterocycles. The molecule has 1 aromatic carbocycles. The summed E-state index contributed by atoms with van der Waals surface area (Å²) in [4.78, 5) is 116. The van der Waals surface area contributed by atoms with Gasteiger partial charge in [-0.25, -0.2) is 45.5 Å². The van der Waals surface area contributed by atoms with E-state index in [2.05, 4.69) is 41.5 Å². The van der Waals surface area contributed by atoms with E-state index in [1.165, 1.54) is 48.2 Å². The number of amides is 6. The summed E-state index contributed by atoms with van der Waals surface area (Å²) >= 11 is 6.86. The average Bonchev–Trinajstić information content (AvgIpc) is 4.34. The molecule has 30 heteroatoms. The van der Waals surface area contributed by atoms with Gasteiger partial charge in [-0.3, -0.25) is 39.6 Å². The number of nitrogens with one attached hydrogen (secondary N) is 5. The molecule has 7 aromatic heterocycles. The van der Waals surface area contributed by atoms with Crippen LogP contribution >= 0.6 is 68.0 Å². The summed E-state index contributed by atoms with van der Waals surface area (Å²) in [6, 6.07) is 9.97. The van der Waals surface area contributed by atoms with Crippen LogP contribution in [-0.2, 0) is 25.7 Å². The summed E-state index contributed by atoms with van der Waals surface area (Å²) in [6.07, 6.45) is 0.402. The predicted octanol–water partition coefficient (Wildman–Crippen LogP) is 6.84. The number of aliphatic hydroxyl groups excluding tert-OH is 1. The molecule has 0 spiro atoms. The van der Waals surface area contributed by atoms with Crippen molar-refractivity contribution in [2.75, 3.05) is 31.3 Å². The molecule has 2 aliphatic rings. The van der Waals surface area contributed by atoms with E-state index >= 15 is 0 Å². The van der Waals surface area contributed by atoms with Gasteiger partial charge in [-0.1, -0.05) is 41.7 Å². The van der Waals surface area contributed by atoms with Gasteiger partial charge in [0.05, 0.1) is 36.2 Å². The Balaban J connectivity index is 1.03. The highest BCUT2D eigenvalue weighted by molar-refractivity contribution is 7.16. The van der Waals surface area contributed by atoms with Crippen LogP contribution in [0, 0.1) is 6.92 Å². The van der Waals surface area contributed by atoms with Gasteiger partial charge in [0.2, 0.25) is 5.91 Å². The van der Waals surface area contributed by atoms with E-state index in [-0.39, 0.29) is 63.2 Å². The van der Waals surface area contributed by atoms with E-state index in [4.69, 9.17) is 41.0 Å². The van der Waals surface area contributed by atoms with Crippen LogP contribution in [-0.4, -0.2) is 113 Å². The number of rotatable bonds is 9. The van der Waals surface area contributed by atoms with E-state index in [9.17, 15) is 33.9 Å². The van der Waals surface area contributed by atoms with Crippen molar-refractivity contribution in [3.8, 4) is 43.4 Å². The first kappa shape index (κ1) is 55.9. The first-order valence-corrected chi connectivity index (χ1v) is 29.7. The molecule has 414 valence electrons. The van der Waals surface area contributed by atoms with Crippen molar-refractivity contribution >= 4 is 115 Å². The molecule has 0 unspecified atom stereocenters. The Bertz CT molecular complexity index is 3610. The van der Waals surface area contributed by atoms with Gasteiger partial charge >= 0.3 is 6.09 Å². The number of ether oxygens (including phenoxy) is 2. The summed E-state index contributed by atoms with van der Waals surface area (Å²) in [6.45, 7) is 0.963. The van der Waals surface area contributed by atoms with Gasteiger partial charge in [-0.05, 0) is 50.3 Å². The molecule has 1 saturated carbocycles. The molecular formula is C50H49N15O9S6. The topological polar surface area (TPSA) is 347 Å². The summed E-state index contributed by atoms with van der Waals surface area (Å²) < 4.78 is 11.0. The van der Waals surface area contributed by atoms with Crippen molar-refractivity contribution < 1.29 is 43.3 Å². The summed E-state index contributed by atoms with van der Waals surface area (Å²) in [5, 5.41) is 34.8. The number of hydrazine groups is 1. The highest BCUT2D eigenvalue weighted by Crippen LogP contribution is 2.41. The van der Waals surface area contributed by atoms with Crippen LogP contribution in [0.5, 0.6) is 0 Å². The van der Waals surface area contributed by atoms with Gasteiger partial charge in [0.15, 0.2) is 5.13 Å². The largest absolute Gasteiger partial charge is 0.446 e. The molecule has 80 heavy (non-hydrogen) atoms. The van der Waals surface area contributed by atoms with Gasteiger partial charge in [0.25, 0.3) is 23.6 Å². The Hall–Kier alpha value is -7.39. The van der Waals surface area contributed by atoms with Crippen LogP contribution in [0.1, 0.15) is 107 Å². The number of benzene rings is 1. The molecule has 1 fully saturated rings. The minimum absolute atomic E-state index is 0.0176. The maximum atomic E-state index is 14.2. The van der Waals surface area contributed by atoms with Crippen LogP contribution in [0.3, 0.4) is 0 Å². The number of aryl methyl sites for hydroxylation is 1. The fraction of sp³-hybridized carbons (Fsp3) is 0.300. The Morgan fingerprint density at radius 2 is 1.50 bits per heavy atom. The molecule has 8 aromatic rings. The quantitative estimate of drug-likeness (QED) is 0.0541. The van der Waals surface area contributed by atoms with E-state index < -0.39 is 60.4 Å². The normalized spacial score (nSPS) is 18.4. The third kappa shape index (κ3) is 12.5. The van der Waals surface area contributed by atoms with Crippen molar-refractivity contribution in [3.63, 3.8) is 0 Å². The minimum Gasteiger partial charge on any atom is -0.446 e. The molecule has 6 amide bonds. The Morgan fingerprint density at radius 3 is 2.27 bits per heavy atom. The van der Waals surface area contributed by atoms with Crippen LogP contribution in [0.15, 0.2) is 64.0 Å². The van der Waals surface area contributed by atoms with E-state index in [0.717, 1.165) is 51.9 Å². The molecule has 3 atom stereocenters. The number of hydrogen-bond acceptors (Lipinski definition) is 24. The molecule has 10 rings (SSSR count). The zero-order chi connectivity index (χ0) is 56.2. The zero-order valence-corrected chi connectivity index (χ0v) is 47.5. The summed E-state index contributed by atoms with van der Waals surface area (Å²) in [5.74, 6) is 3.59. The lowest BCUT2D eigenvalue weighted by Gasteiger charge is -2.30. The number of aromatic nitrogens is 7. The van der Waals surface area contributed by atoms with Crippen molar-refractivity contribution in [3.05, 3.63) is 106 Å². The van der Waals surface area contributed by atoms with Crippen LogP contribution in [0.2, 0.25) is 0 Å². The number of carbonyl (C=O) groups excluding carboxylic acids is 6. The second kappa shape index (κ2) is 24.5. The molecule has 1 aliphatic heterocycles. The van der Waals surface area contributed by atoms with Crippen molar-refractivity contribution in [2.24, 2.45) is 11.6 Å². The number of nitrogens with zero attached hydrogens (tertiary/aromatic N) is 8. The minimum atomic E-state index is -1.38. The van der Waals surface area contributed by atoms with Gasteiger partial charge in [0, 0.05) is 52.2 Å². The molecule has 10 bridgehead atoms. The van der Waals surface area contributed by atoms with Crippen molar-refractivity contribution in [1.29, 1.82) is 0 Å². The Kier molecular flexibility index (Phi) is 17.2. The maximum absolute atomic E-state index is 14.2. The van der Waals surface area contributed by atoms with Crippen LogP contribution < -0.4 is 38.2 Å².